The number of carbonyl (C=O) groups excluding carboxylic acids is 2. The number of nitrogens with zero attached hydrogens (tertiary/aromatic N) is 1. The van der Waals surface area contributed by atoms with Crippen LogP contribution in [0.2, 0.25) is 0 Å². The Morgan fingerprint density at radius 3 is 2.28 bits per heavy atom. The third-order valence-corrected chi connectivity index (χ3v) is 5.12. The summed E-state index contributed by atoms with van der Waals surface area (Å²) in [6, 6.07) is 23.4. The molecule has 0 fully saturated rings. The zero-order valence-electron chi connectivity index (χ0n) is 19.2. The van der Waals surface area contributed by atoms with E-state index in [2.05, 4.69) is 0 Å². The standard InChI is InChI=1S/C27H31NO4/c1-20(23-16-10-14-22-13-8-9-15-24(22)23)28(17-26(30)32-27(2,3)4)25(29)19-31-18-21-11-6-5-7-12-21/h5-16,20H,17-19H2,1-4H3/t20-/m0/s1. The van der Waals surface area contributed by atoms with Crippen LogP contribution in [0.1, 0.15) is 44.9 Å². The van der Waals surface area contributed by atoms with Crippen LogP contribution in [-0.2, 0) is 25.7 Å². The number of fused-ring (bicyclic) bond motifs is 1. The van der Waals surface area contributed by atoms with Crippen molar-refractivity contribution in [1.82, 2.24) is 4.90 Å². The largest absolute Gasteiger partial charge is 0.459 e. The van der Waals surface area contributed by atoms with Crippen LogP contribution in [0.25, 0.3) is 10.8 Å². The fourth-order valence-corrected chi connectivity index (χ4v) is 3.65. The third-order valence-electron chi connectivity index (χ3n) is 5.12. The Morgan fingerprint density at radius 1 is 0.906 bits per heavy atom. The maximum atomic E-state index is 13.2. The molecule has 3 aromatic carbocycles. The second-order valence-corrected chi connectivity index (χ2v) is 8.83. The Labute approximate surface area is 189 Å². The molecule has 0 radical (unpaired) electrons. The predicted octanol–water partition coefficient (Wildman–Crippen LogP) is 5.29. The van der Waals surface area contributed by atoms with Gasteiger partial charge < -0.3 is 14.4 Å². The summed E-state index contributed by atoms with van der Waals surface area (Å²) in [7, 11) is 0. The van der Waals surface area contributed by atoms with E-state index in [-0.39, 0.29) is 25.1 Å². The van der Waals surface area contributed by atoms with Crippen LogP contribution in [0, 0.1) is 0 Å². The molecule has 0 aliphatic rings. The molecule has 0 aliphatic heterocycles. The van der Waals surface area contributed by atoms with Gasteiger partial charge in [-0.25, -0.2) is 0 Å². The van der Waals surface area contributed by atoms with Crippen LogP contribution in [0.4, 0.5) is 0 Å². The van der Waals surface area contributed by atoms with Crippen LogP contribution in [-0.4, -0.2) is 35.5 Å². The summed E-state index contributed by atoms with van der Waals surface area (Å²) in [5, 5.41) is 2.14. The molecule has 0 saturated carbocycles. The van der Waals surface area contributed by atoms with Gasteiger partial charge in [0.25, 0.3) is 0 Å². The average Bonchev–Trinajstić information content (AvgIpc) is 2.76. The first-order valence-electron chi connectivity index (χ1n) is 10.9. The minimum Gasteiger partial charge on any atom is -0.459 e. The number of ether oxygens (including phenoxy) is 2. The number of hydrogen-bond acceptors (Lipinski definition) is 4. The minimum absolute atomic E-state index is 0.118. The molecule has 0 saturated heterocycles. The molecule has 5 nitrogen and oxygen atoms in total. The molecular weight excluding hydrogens is 402 g/mol. The van der Waals surface area contributed by atoms with Crippen molar-refractivity contribution in [3.63, 3.8) is 0 Å². The third kappa shape index (κ3) is 6.41. The van der Waals surface area contributed by atoms with Gasteiger partial charge in [-0.2, -0.15) is 0 Å². The molecule has 0 heterocycles. The van der Waals surface area contributed by atoms with E-state index in [0.717, 1.165) is 21.9 Å². The molecule has 1 amide bonds. The van der Waals surface area contributed by atoms with Crippen LogP contribution >= 0.6 is 0 Å². The summed E-state index contributed by atoms with van der Waals surface area (Å²) < 4.78 is 11.2. The van der Waals surface area contributed by atoms with Crippen molar-refractivity contribution < 1.29 is 19.1 Å². The van der Waals surface area contributed by atoms with Crippen molar-refractivity contribution in [2.75, 3.05) is 13.2 Å². The monoisotopic (exact) mass is 433 g/mol. The number of hydrogen-bond donors (Lipinski definition) is 0. The first-order valence-corrected chi connectivity index (χ1v) is 10.9. The van der Waals surface area contributed by atoms with Crippen molar-refractivity contribution in [2.24, 2.45) is 0 Å². The lowest BCUT2D eigenvalue weighted by Crippen LogP contribution is -2.42. The van der Waals surface area contributed by atoms with E-state index in [1.165, 1.54) is 0 Å². The summed E-state index contributed by atoms with van der Waals surface area (Å²) in [5.41, 5.74) is 1.34. The van der Waals surface area contributed by atoms with Gasteiger partial charge in [0, 0.05) is 0 Å². The molecule has 0 unspecified atom stereocenters. The van der Waals surface area contributed by atoms with Crippen LogP contribution in [0.15, 0.2) is 72.8 Å². The Kier molecular flexibility index (Phi) is 7.65. The van der Waals surface area contributed by atoms with Gasteiger partial charge in [-0.3, -0.25) is 9.59 Å². The first kappa shape index (κ1) is 23.5. The lowest BCUT2D eigenvalue weighted by Gasteiger charge is -2.31. The molecule has 3 rings (SSSR count). The highest BCUT2D eigenvalue weighted by Gasteiger charge is 2.27. The topological polar surface area (TPSA) is 55.8 Å². The normalized spacial score (nSPS) is 12.4. The highest BCUT2D eigenvalue weighted by molar-refractivity contribution is 5.88. The van der Waals surface area contributed by atoms with E-state index in [9.17, 15) is 9.59 Å². The minimum atomic E-state index is -0.627. The van der Waals surface area contributed by atoms with E-state index in [1.807, 2.05) is 100 Å². The lowest BCUT2D eigenvalue weighted by atomic mass is 9.98. The van der Waals surface area contributed by atoms with E-state index in [0.29, 0.717) is 6.61 Å². The second-order valence-electron chi connectivity index (χ2n) is 8.83. The quantitative estimate of drug-likeness (QED) is 0.453. The Balaban J connectivity index is 1.80. The average molecular weight is 434 g/mol. The molecule has 32 heavy (non-hydrogen) atoms. The second kappa shape index (κ2) is 10.4. The summed E-state index contributed by atoms with van der Waals surface area (Å²) in [5.74, 6) is -0.701. The van der Waals surface area contributed by atoms with E-state index in [1.54, 1.807) is 4.90 Å². The van der Waals surface area contributed by atoms with Gasteiger partial charge in [0.05, 0.1) is 12.6 Å². The first-order chi connectivity index (χ1) is 15.2. The molecule has 168 valence electrons. The van der Waals surface area contributed by atoms with Crippen molar-refractivity contribution in [2.45, 2.75) is 45.9 Å². The Morgan fingerprint density at radius 2 is 1.56 bits per heavy atom. The Hall–Kier alpha value is -3.18. The van der Waals surface area contributed by atoms with Crippen LogP contribution in [0.3, 0.4) is 0 Å². The number of carbonyl (C=O) groups is 2. The van der Waals surface area contributed by atoms with E-state index in [4.69, 9.17) is 9.47 Å². The Bertz CT molecular complexity index is 1050. The smallest absolute Gasteiger partial charge is 0.326 e. The molecule has 5 heteroatoms. The maximum Gasteiger partial charge on any atom is 0.326 e. The van der Waals surface area contributed by atoms with Crippen molar-refractivity contribution in [3.05, 3.63) is 83.9 Å². The van der Waals surface area contributed by atoms with Gasteiger partial charge in [-0.1, -0.05) is 72.8 Å². The van der Waals surface area contributed by atoms with Crippen molar-refractivity contribution in [1.29, 1.82) is 0 Å². The van der Waals surface area contributed by atoms with Gasteiger partial charge in [0.1, 0.15) is 18.8 Å². The summed E-state index contributed by atoms with van der Waals surface area (Å²) in [4.78, 5) is 27.3. The van der Waals surface area contributed by atoms with Crippen LogP contribution in [0.5, 0.6) is 0 Å². The van der Waals surface area contributed by atoms with Gasteiger partial charge in [-0.05, 0) is 49.6 Å². The van der Waals surface area contributed by atoms with Crippen LogP contribution < -0.4 is 0 Å². The number of benzene rings is 3. The summed E-state index contributed by atoms with van der Waals surface area (Å²) in [6.07, 6.45) is 0. The van der Waals surface area contributed by atoms with E-state index >= 15 is 0 Å². The molecule has 3 aromatic rings. The summed E-state index contributed by atoms with van der Waals surface area (Å²) >= 11 is 0. The summed E-state index contributed by atoms with van der Waals surface area (Å²) in [6.45, 7) is 7.44. The molecule has 0 bridgehead atoms. The molecule has 0 spiro atoms. The highest BCUT2D eigenvalue weighted by Crippen LogP contribution is 2.28. The van der Waals surface area contributed by atoms with Crippen molar-refractivity contribution >= 4 is 22.6 Å². The van der Waals surface area contributed by atoms with Gasteiger partial charge in [-0.15, -0.1) is 0 Å². The fraction of sp³-hybridized carbons (Fsp3) is 0.333. The highest BCUT2D eigenvalue weighted by atomic mass is 16.6. The fourth-order valence-electron chi connectivity index (χ4n) is 3.65. The lowest BCUT2D eigenvalue weighted by molar-refractivity contribution is -0.161. The van der Waals surface area contributed by atoms with Gasteiger partial charge in [0.15, 0.2) is 0 Å². The molecule has 1 atom stereocenters. The molecule has 0 aromatic heterocycles. The van der Waals surface area contributed by atoms with Crippen molar-refractivity contribution in [3.8, 4) is 0 Å². The molecular formula is C27H31NO4. The maximum absolute atomic E-state index is 13.2. The number of rotatable bonds is 8. The molecule has 0 aliphatic carbocycles. The molecule has 0 N–H and O–H groups in total. The zero-order valence-corrected chi connectivity index (χ0v) is 19.2. The number of amides is 1. The predicted molar refractivity (Wildman–Crippen MR) is 126 cm³/mol. The SMILES string of the molecule is C[C@@H](c1cccc2ccccc12)N(CC(=O)OC(C)(C)C)C(=O)COCc1ccccc1. The van der Waals surface area contributed by atoms with E-state index < -0.39 is 11.6 Å². The van der Waals surface area contributed by atoms with Gasteiger partial charge in [0.2, 0.25) is 5.91 Å². The van der Waals surface area contributed by atoms with Gasteiger partial charge >= 0.3 is 5.97 Å². The zero-order chi connectivity index (χ0) is 23.1. The number of esters is 1.